The summed E-state index contributed by atoms with van der Waals surface area (Å²) in [5.74, 6) is 4.60. The molecule has 1 aromatic rings. The maximum absolute atomic E-state index is 13.3. The van der Waals surface area contributed by atoms with Crippen LogP contribution in [0, 0.1) is 27.8 Å². The lowest BCUT2D eigenvalue weighted by molar-refractivity contribution is -0.384. The molecule has 5 nitrogen and oxygen atoms in total. The number of anilines is 1. The topological polar surface area (TPSA) is 81.2 Å². The first-order valence-corrected chi connectivity index (χ1v) is 4.93. The number of nitrogens with two attached hydrogens (primary N) is 1. The third-order valence-corrected chi connectivity index (χ3v) is 2.04. The molecule has 0 saturated heterocycles. The van der Waals surface area contributed by atoms with E-state index < -0.39 is 22.1 Å². The van der Waals surface area contributed by atoms with Gasteiger partial charge < -0.3 is 11.1 Å². The van der Waals surface area contributed by atoms with Gasteiger partial charge in [0.25, 0.3) is 5.69 Å². The van der Waals surface area contributed by atoms with E-state index in [1.54, 1.807) is 7.05 Å². The van der Waals surface area contributed by atoms with E-state index in [2.05, 4.69) is 17.2 Å². The molecule has 0 saturated carbocycles. The number of halogens is 1. The Morgan fingerprint density at radius 1 is 1.59 bits per heavy atom. The Labute approximate surface area is 98.0 Å². The van der Waals surface area contributed by atoms with E-state index in [1.165, 1.54) is 6.07 Å². The molecule has 0 aliphatic rings. The predicted molar refractivity (Wildman–Crippen MR) is 62.9 cm³/mol. The first-order valence-electron chi connectivity index (χ1n) is 4.93. The van der Waals surface area contributed by atoms with Gasteiger partial charge in [-0.15, -0.1) is 0 Å². The van der Waals surface area contributed by atoms with Crippen molar-refractivity contribution in [3.8, 4) is 11.8 Å². The number of nitrogen functional groups attached to an aromatic ring is 1. The number of benzene rings is 1. The van der Waals surface area contributed by atoms with E-state index in [-0.39, 0.29) is 5.56 Å². The van der Waals surface area contributed by atoms with Gasteiger partial charge in [-0.05, 0) is 13.1 Å². The second-order valence-electron chi connectivity index (χ2n) is 3.30. The van der Waals surface area contributed by atoms with Crippen molar-refractivity contribution in [2.24, 2.45) is 0 Å². The van der Waals surface area contributed by atoms with Crippen LogP contribution in [0.25, 0.3) is 0 Å². The first kappa shape index (κ1) is 12.9. The van der Waals surface area contributed by atoms with E-state index >= 15 is 0 Å². The Kier molecular flexibility index (Phi) is 4.43. The normalized spacial score (nSPS) is 9.53. The van der Waals surface area contributed by atoms with Gasteiger partial charge in [-0.25, -0.2) is 4.39 Å². The number of hydrogen-bond donors (Lipinski definition) is 2. The lowest BCUT2D eigenvalue weighted by Crippen LogP contribution is -2.05. The van der Waals surface area contributed by atoms with Crippen LogP contribution in [0.4, 0.5) is 15.8 Å². The van der Waals surface area contributed by atoms with Crippen molar-refractivity contribution in [1.82, 2.24) is 5.32 Å². The molecular formula is C11H12FN3O2. The van der Waals surface area contributed by atoms with Crippen LogP contribution < -0.4 is 11.1 Å². The average Bonchev–Trinajstić information content (AvgIpc) is 2.28. The number of rotatable bonds is 3. The zero-order valence-corrected chi connectivity index (χ0v) is 9.29. The molecule has 0 amide bonds. The lowest BCUT2D eigenvalue weighted by Gasteiger charge is -1.99. The number of nitro groups is 1. The summed E-state index contributed by atoms with van der Waals surface area (Å²) in [6, 6.07) is 2.26. The van der Waals surface area contributed by atoms with Crippen molar-refractivity contribution < 1.29 is 9.31 Å². The molecule has 0 atom stereocenters. The molecule has 0 spiro atoms. The van der Waals surface area contributed by atoms with Gasteiger partial charge in [-0.2, -0.15) is 0 Å². The monoisotopic (exact) mass is 237 g/mol. The molecule has 1 rings (SSSR count). The maximum Gasteiger partial charge on any atom is 0.296 e. The Bertz CT molecular complexity index is 491. The van der Waals surface area contributed by atoms with Gasteiger partial charge >= 0.3 is 0 Å². The molecule has 0 unspecified atom stereocenters. The van der Waals surface area contributed by atoms with Crippen molar-refractivity contribution in [3.63, 3.8) is 0 Å². The number of nitro benzene ring substituents is 1. The highest BCUT2D eigenvalue weighted by Gasteiger charge is 2.16. The van der Waals surface area contributed by atoms with E-state index in [4.69, 9.17) is 5.73 Å². The van der Waals surface area contributed by atoms with Gasteiger partial charge in [-0.1, -0.05) is 11.8 Å². The summed E-state index contributed by atoms with van der Waals surface area (Å²) in [6.07, 6.45) is 0.580. The summed E-state index contributed by atoms with van der Waals surface area (Å²) in [5, 5.41) is 13.5. The van der Waals surface area contributed by atoms with E-state index in [0.717, 1.165) is 6.07 Å². The molecule has 1 aromatic carbocycles. The van der Waals surface area contributed by atoms with Crippen molar-refractivity contribution in [3.05, 3.63) is 33.6 Å². The first-order chi connectivity index (χ1) is 8.06. The van der Waals surface area contributed by atoms with Crippen LogP contribution >= 0.6 is 0 Å². The molecule has 90 valence electrons. The molecule has 0 radical (unpaired) electrons. The standard InChI is InChI=1S/C11H12FN3O2/c1-14-5-3-2-4-8-6-9(12)11(13)10(7-8)15(16)17/h6-7,14H,3,5,13H2,1H3. The van der Waals surface area contributed by atoms with E-state index in [0.29, 0.717) is 13.0 Å². The summed E-state index contributed by atoms with van der Waals surface area (Å²) < 4.78 is 13.3. The molecule has 0 aliphatic carbocycles. The van der Waals surface area contributed by atoms with Gasteiger partial charge in [0.15, 0.2) is 5.82 Å². The SMILES string of the molecule is CNCCC#Cc1cc(F)c(N)c([N+](=O)[O-])c1. The number of nitrogens with zero attached hydrogens (tertiary/aromatic N) is 1. The summed E-state index contributed by atoms with van der Waals surface area (Å²) in [5.41, 5.74) is 4.59. The summed E-state index contributed by atoms with van der Waals surface area (Å²) in [4.78, 5) is 9.88. The van der Waals surface area contributed by atoms with Crippen LogP contribution in [0.1, 0.15) is 12.0 Å². The minimum absolute atomic E-state index is 0.250. The minimum Gasteiger partial charge on any atom is -0.391 e. The van der Waals surface area contributed by atoms with Crippen LogP contribution in [0.5, 0.6) is 0 Å². The molecule has 0 fully saturated rings. The summed E-state index contributed by atoms with van der Waals surface area (Å²) >= 11 is 0. The highest BCUT2D eigenvalue weighted by molar-refractivity contribution is 5.62. The Balaban J connectivity index is 3.01. The van der Waals surface area contributed by atoms with Crippen molar-refractivity contribution in [2.75, 3.05) is 19.3 Å². The van der Waals surface area contributed by atoms with Gasteiger partial charge in [0.1, 0.15) is 5.69 Å². The van der Waals surface area contributed by atoms with Crippen LogP contribution in [0.3, 0.4) is 0 Å². The zero-order valence-electron chi connectivity index (χ0n) is 9.29. The van der Waals surface area contributed by atoms with Gasteiger partial charge in [0.2, 0.25) is 0 Å². The van der Waals surface area contributed by atoms with Crippen molar-refractivity contribution >= 4 is 11.4 Å². The second-order valence-corrected chi connectivity index (χ2v) is 3.30. The molecule has 3 N–H and O–H groups in total. The van der Waals surface area contributed by atoms with Crippen molar-refractivity contribution in [1.29, 1.82) is 0 Å². The highest BCUT2D eigenvalue weighted by atomic mass is 19.1. The lowest BCUT2D eigenvalue weighted by atomic mass is 10.1. The minimum atomic E-state index is -0.822. The third kappa shape index (κ3) is 3.43. The van der Waals surface area contributed by atoms with Gasteiger partial charge in [0, 0.05) is 24.6 Å². The molecular weight excluding hydrogens is 225 g/mol. The third-order valence-electron chi connectivity index (χ3n) is 2.04. The predicted octanol–water partition coefficient (Wildman–Crippen LogP) is 1.28. The van der Waals surface area contributed by atoms with Crippen LogP contribution in [-0.2, 0) is 0 Å². The summed E-state index contributed by atoms with van der Waals surface area (Å²) in [6.45, 7) is 0.701. The second kappa shape index (κ2) is 5.82. The smallest absolute Gasteiger partial charge is 0.296 e. The highest BCUT2D eigenvalue weighted by Crippen LogP contribution is 2.25. The van der Waals surface area contributed by atoms with Crippen LogP contribution in [0.2, 0.25) is 0 Å². The van der Waals surface area contributed by atoms with Crippen molar-refractivity contribution in [2.45, 2.75) is 6.42 Å². The molecule has 0 aromatic heterocycles. The molecule has 0 heterocycles. The van der Waals surface area contributed by atoms with Gasteiger partial charge in [-0.3, -0.25) is 10.1 Å². The van der Waals surface area contributed by atoms with Crippen LogP contribution in [-0.4, -0.2) is 18.5 Å². The fraction of sp³-hybridized carbons (Fsp3) is 0.273. The Morgan fingerprint density at radius 2 is 2.29 bits per heavy atom. The maximum atomic E-state index is 13.3. The average molecular weight is 237 g/mol. The largest absolute Gasteiger partial charge is 0.391 e. The fourth-order valence-corrected chi connectivity index (χ4v) is 1.18. The number of nitrogens with one attached hydrogen (secondary N) is 1. The summed E-state index contributed by atoms with van der Waals surface area (Å²) in [7, 11) is 1.79. The van der Waals surface area contributed by atoms with Crippen LogP contribution in [0.15, 0.2) is 12.1 Å². The van der Waals surface area contributed by atoms with E-state index in [1.807, 2.05) is 0 Å². The number of hydrogen-bond acceptors (Lipinski definition) is 4. The van der Waals surface area contributed by atoms with Gasteiger partial charge in [0.05, 0.1) is 4.92 Å². The molecule has 6 heteroatoms. The Morgan fingerprint density at radius 3 is 2.88 bits per heavy atom. The molecule has 17 heavy (non-hydrogen) atoms. The fourth-order valence-electron chi connectivity index (χ4n) is 1.18. The molecule has 0 aliphatic heterocycles. The molecule has 0 bridgehead atoms. The zero-order chi connectivity index (χ0) is 12.8. The van der Waals surface area contributed by atoms with E-state index in [9.17, 15) is 14.5 Å². The Hall–Kier alpha value is -2.13. The quantitative estimate of drug-likeness (QED) is 0.273.